The fraction of sp³-hybridized carbons (Fsp3) is 0.259. The third kappa shape index (κ3) is 7.06. The number of hydrogen-bond donors (Lipinski definition) is 2. The van der Waals surface area contributed by atoms with Crippen molar-refractivity contribution in [2.75, 3.05) is 13.2 Å². The third-order valence-corrected chi connectivity index (χ3v) is 5.35. The molecule has 0 aromatic heterocycles. The lowest BCUT2D eigenvalue weighted by Crippen LogP contribution is -2.51. The maximum Gasteiger partial charge on any atom is 0.243 e. The van der Waals surface area contributed by atoms with Crippen LogP contribution >= 0.6 is 0 Å². The van der Waals surface area contributed by atoms with Crippen molar-refractivity contribution in [1.82, 2.24) is 10.2 Å². The van der Waals surface area contributed by atoms with Gasteiger partial charge in [-0.25, -0.2) is 0 Å². The summed E-state index contributed by atoms with van der Waals surface area (Å²) in [6.07, 6.45) is 1.33. The largest absolute Gasteiger partial charge is 0.395 e. The van der Waals surface area contributed by atoms with E-state index in [0.29, 0.717) is 25.8 Å². The van der Waals surface area contributed by atoms with Crippen molar-refractivity contribution >= 4 is 11.8 Å². The summed E-state index contributed by atoms with van der Waals surface area (Å²) >= 11 is 0. The zero-order valence-electron chi connectivity index (χ0n) is 18.2. The topological polar surface area (TPSA) is 69.6 Å². The summed E-state index contributed by atoms with van der Waals surface area (Å²) in [6, 6.07) is 28.6. The summed E-state index contributed by atoms with van der Waals surface area (Å²) in [5.74, 6) is -0.329. The molecule has 5 nitrogen and oxygen atoms in total. The lowest BCUT2D eigenvalue weighted by atomic mass is 10.0. The summed E-state index contributed by atoms with van der Waals surface area (Å²) in [5, 5.41) is 11.9. The SMILES string of the molecule is O=C(NCCO)[C@@H](Cc1ccccc1)N(Cc1ccccc1)C(=O)CCc1ccccc1. The van der Waals surface area contributed by atoms with Gasteiger partial charge in [-0.2, -0.15) is 0 Å². The molecule has 0 aliphatic rings. The maximum absolute atomic E-state index is 13.4. The average Bonchev–Trinajstić information content (AvgIpc) is 2.85. The second-order valence-electron chi connectivity index (χ2n) is 7.71. The molecule has 0 bridgehead atoms. The molecule has 3 aromatic rings. The van der Waals surface area contributed by atoms with Gasteiger partial charge in [-0.1, -0.05) is 91.0 Å². The third-order valence-electron chi connectivity index (χ3n) is 5.35. The first kappa shape index (κ1) is 23.2. The van der Waals surface area contributed by atoms with Gasteiger partial charge >= 0.3 is 0 Å². The Morgan fingerprint density at radius 3 is 1.88 bits per heavy atom. The van der Waals surface area contributed by atoms with Gasteiger partial charge in [0.25, 0.3) is 0 Å². The number of nitrogens with one attached hydrogen (secondary N) is 1. The van der Waals surface area contributed by atoms with Crippen molar-refractivity contribution in [2.24, 2.45) is 0 Å². The standard InChI is InChI=1S/C27H30N2O3/c30-19-18-28-27(32)25(20-23-12-6-2-7-13-23)29(21-24-14-8-3-9-15-24)26(31)17-16-22-10-4-1-5-11-22/h1-15,25,30H,16-21H2,(H,28,32)/t25-/m1/s1. The molecule has 166 valence electrons. The Labute approximate surface area is 189 Å². The van der Waals surface area contributed by atoms with E-state index < -0.39 is 6.04 Å². The number of nitrogens with zero attached hydrogens (tertiary/aromatic N) is 1. The average molecular weight is 431 g/mol. The summed E-state index contributed by atoms with van der Waals surface area (Å²) in [5.41, 5.74) is 3.03. The van der Waals surface area contributed by atoms with E-state index in [4.69, 9.17) is 0 Å². The number of carbonyl (C=O) groups is 2. The van der Waals surface area contributed by atoms with E-state index >= 15 is 0 Å². The van der Waals surface area contributed by atoms with Crippen LogP contribution in [0, 0.1) is 0 Å². The van der Waals surface area contributed by atoms with Gasteiger partial charge in [-0.05, 0) is 23.1 Å². The lowest BCUT2D eigenvalue weighted by Gasteiger charge is -2.31. The molecule has 0 fully saturated rings. The highest BCUT2D eigenvalue weighted by atomic mass is 16.3. The highest BCUT2D eigenvalue weighted by Crippen LogP contribution is 2.17. The molecule has 3 rings (SSSR count). The molecular formula is C27H30N2O3. The molecule has 0 unspecified atom stereocenters. The Hall–Kier alpha value is -3.44. The molecule has 5 heteroatoms. The number of aliphatic hydroxyl groups is 1. The van der Waals surface area contributed by atoms with Crippen LogP contribution < -0.4 is 5.32 Å². The number of carbonyl (C=O) groups excluding carboxylic acids is 2. The lowest BCUT2D eigenvalue weighted by molar-refractivity contribution is -0.141. The van der Waals surface area contributed by atoms with Gasteiger partial charge in [-0.3, -0.25) is 9.59 Å². The summed E-state index contributed by atoms with van der Waals surface area (Å²) in [7, 11) is 0. The van der Waals surface area contributed by atoms with E-state index in [1.807, 2.05) is 91.0 Å². The number of aryl methyl sites for hydroxylation is 1. The molecule has 32 heavy (non-hydrogen) atoms. The van der Waals surface area contributed by atoms with Crippen molar-refractivity contribution < 1.29 is 14.7 Å². The molecule has 0 radical (unpaired) electrons. The van der Waals surface area contributed by atoms with Gasteiger partial charge in [0, 0.05) is 25.9 Å². The van der Waals surface area contributed by atoms with E-state index in [-0.39, 0.29) is 25.0 Å². The Morgan fingerprint density at radius 2 is 1.31 bits per heavy atom. The molecule has 0 aliphatic carbocycles. The molecule has 0 saturated heterocycles. The molecule has 0 heterocycles. The van der Waals surface area contributed by atoms with Crippen LogP contribution in [0.5, 0.6) is 0 Å². The van der Waals surface area contributed by atoms with E-state index in [9.17, 15) is 14.7 Å². The zero-order chi connectivity index (χ0) is 22.6. The highest BCUT2D eigenvalue weighted by Gasteiger charge is 2.30. The minimum Gasteiger partial charge on any atom is -0.395 e. The fourth-order valence-corrected chi connectivity index (χ4v) is 3.67. The second kappa shape index (κ2) is 12.4. The predicted octanol–water partition coefficient (Wildman–Crippen LogP) is 3.37. The monoisotopic (exact) mass is 430 g/mol. The van der Waals surface area contributed by atoms with Crippen LogP contribution in [-0.4, -0.2) is 41.0 Å². The minimum absolute atomic E-state index is 0.0715. The van der Waals surface area contributed by atoms with Crippen molar-refractivity contribution in [3.8, 4) is 0 Å². The van der Waals surface area contributed by atoms with Crippen molar-refractivity contribution in [2.45, 2.75) is 31.8 Å². The van der Waals surface area contributed by atoms with Crippen LogP contribution in [0.2, 0.25) is 0 Å². The van der Waals surface area contributed by atoms with E-state index in [2.05, 4.69) is 5.32 Å². The highest BCUT2D eigenvalue weighted by molar-refractivity contribution is 5.88. The number of rotatable bonds is 11. The minimum atomic E-state index is -0.674. The van der Waals surface area contributed by atoms with Gasteiger partial charge in [0.15, 0.2) is 0 Å². The summed E-state index contributed by atoms with van der Waals surface area (Å²) < 4.78 is 0. The van der Waals surface area contributed by atoms with Crippen molar-refractivity contribution in [1.29, 1.82) is 0 Å². The van der Waals surface area contributed by atoms with Crippen LogP contribution in [-0.2, 0) is 29.0 Å². The first-order chi connectivity index (χ1) is 15.7. The molecule has 2 N–H and O–H groups in total. The van der Waals surface area contributed by atoms with Gasteiger partial charge in [0.1, 0.15) is 6.04 Å². The van der Waals surface area contributed by atoms with Gasteiger partial charge in [-0.15, -0.1) is 0 Å². The molecule has 0 saturated carbocycles. The second-order valence-corrected chi connectivity index (χ2v) is 7.71. The van der Waals surface area contributed by atoms with Gasteiger partial charge in [0.05, 0.1) is 6.61 Å². The summed E-state index contributed by atoms with van der Waals surface area (Å²) in [6.45, 7) is 0.352. The molecule has 0 spiro atoms. The zero-order valence-corrected chi connectivity index (χ0v) is 18.2. The van der Waals surface area contributed by atoms with Crippen LogP contribution in [0.15, 0.2) is 91.0 Å². The fourth-order valence-electron chi connectivity index (χ4n) is 3.67. The van der Waals surface area contributed by atoms with E-state index in [0.717, 1.165) is 16.7 Å². The quantitative estimate of drug-likeness (QED) is 0.490. The number of benzene rings is 3. The van der Waals surface area contributed by atoms with Crippen LogP contribution in [0.25, 0.3) is 0 Å². The Kier molecular flexibility index (Phi) is 9.02. The maximum atomic E-state index is 13.4. The molecule has 2 amide bonds. The van der Waals surface area contributed by atoms with Crippen LogP contribution in [0.1, 0.15) is 23.1 Å². The molecule has 0 aliphatic heterocycles. The molecule has 3 aromatic carbocycles. The summed E-state index contributed by atoms with van der Waals surface area (Å²) in [4.78, 5) is 28.2. The van der Waals surface area contributed by atoms with Crippen molar-refractivity contribution in [3.63, 3.8) is 0 Å². The first-order valence-corrected chi connectivity index (χ1v) is 11.0. The van der Waals surface area contributed by atoms with Crippen molar-refractivity contribution in [3.05, 3.63) is 108 Å². The number of amides is 2. The smallest absolute Gasteiger partial charge is 0.243 e. The number of aliphatic hydroxyl groups excluding tert-OH is 1. The Bertz CT molecular complexity index is 962. The Balaban J connectivity index is 1.86. The van der Waals surface area contributed by atoms with E-state index in [1.54, 1.807) is 4.90 Å². The Morgan fingerprint density at radius 1 is 0.781 bits per heavy atom. The molecular weight excluding hydrogens is 400 g/mol. The number of hydrogen-bond acceptors (Lipinski definition) is 3. The normalized spacial score (nSPS) is 11.5. The van der Waals surface area contributed by atoms with E-state index in [1.165, 1.54) is 0 Å². The molecule has 1 atom stereocenters. The van der Waals surface area contributed by atoms with Crippen LogP contribution in [0.3, 0.4) is 0 Å². The first-order valence-electron chi connectivity index (χ1n) is 11.0. The predicted molar refractivity (Wildman–Crippen MR) is 126 cm³/mol. The van der Waals surface area contributed by atoms with Crippen LogP contribution in [0.4, 0.5) is 0 Å². The van der Waals surface area contributed by atoms with Gasteiger partial charge < -0.3 is 15.3 Å². The van der Waals surface area contributed by atoms with Gasteiger partial charge in [0.2, 0.25) is 11.8 Å².